The highest BCUT2D eigenvalue weighted by molar-refractivity contribution is 9.10. The van der Waals surface area contributed by atoms with Crippen LogP contribution in [-0.4, -0.2) is 22.0 Å². The molecule has 1 atom stereocenters. The van der Waals surface area contributed by atoms with Crippen LogP contribution in [0.3, 0.4) is 0 Å². The molecule has 0 spiro atoms. The van der Waals surface area contributed by atoms with E-state index < -0.39 is 5.91 Å². The van der Waals surface area contributed by atoms with Crippen molar-refractivity contribution in [3.8, 4) is 0 Å². The van der Waals surface area contributed by atoms with E-state index in [2.05, 4.69) is 43.9 Å². The summed E-state index contributed by atoms with van der Waals surface area (Å²) in [5, 5.41) is 6.60. The van der Waals surface area contributed by atoms with Gasteiger partial charge < -0.3 is 0 Å². The van der Waals surface area contributed by atoms with Gasteiger partial charge in [-0.3, -0.25) is 25.5 Å². The average Bonchev–Trinajstić information content (AvgIpc) is 3.08. The van der Waals surface area contributed by atoms with Gasteiger partial charge in [0, 0.05) is 10.6 Å². The highest BCUT2D eigenvalue weighted by Gasteiger charge is 2.21. The summed E-state index contributed by atoms with van der Waals surface area (Å²) in [6.07, 6.45) is 3.21. The summed E-state index contributed by atoms with van der Waals surface area (Å²) in [6, 6.07) is 1.94. The van der Waals surface area contributed by atoms with Gasteiger partial charge in [-0.05, 0) is 59.7 Å². The number of H-pyrrole nitrogens is 1. The van der Waals surface area contributed by atoms with E-state index in [-0.39, 0.29) is 11.6 Å². The Balaban J connectivity index is 1.64. The number of fused-ring (bicyclic) bond motifs is 1. The van der Waals surface area contributed by atoms with Crippen LogP contribution in [-0.2, 0) is 12.8 Å². The molecular formula is C15H17BrN4O2S. The number of nitrogens with zero attached hydrogens (tertiary/aromatic N) is 1. The van der Waals surface area contributed by atoms with Crippen LogP contribution in [0, 0.1) is 12.8 Å². The molecule has 3 N–H and O–H groups in total. The van der Waals surface area contributed by atoms with Crippen molar-refractivity contribution < 1.29 is 9.59 Å². The molecule has 0 aromatic carbocycles. The Bertz CT molecular complexity index is 768. The number of thiophene rings is 1. The number of amides is 2. The molecule has 3 rings (SSSR count). The third kappa shape index (κ3) is 3.32. The van der Waals surface area contributed by atoms with E-state index in [0.717, 1.165) is 25.0 Å². The fourth-order valence-electron chi connectivity index (χ4n) is 2.62. The zero-order valence-electron chi connectivity index (χ0n) is 12.8. The van der Waals surface area contributed by atoms with E-state index in [9.17, 15) is 9.59 Å². The smallest absolute Gasteiger partial charge is 0.281 e. The molecule has 1 aliphatic rings. The minimum atomic E-state index is -0.468. The van der Waals surface area contributed by atoms with Gasteiger partial charge in [-0.1, -0.05) is 6.92 Å². The number of halogens is 1. The predicted octanol–water partition coefficient (Wildman–Crippen LogP) is 2.74. The van der Waals surface area contributed by atoms with Crippen molar-refractivity contribution in [2.24, 2.45) is 5.92 Å². The third-order valence-electron chi connectivity index (χ3n) is 3.93. The quantitative estimate of drug-likeness (QED) is 0.681. The molecule has 2 heterocycles. The molecule has 0 saturated carbocycles. The second kappa shape index (κ2) is 6.45. The van der Waals surface area contributed by atoms with Crippen LogP contribution in [0.5, 0.6) is 0 Å². The number of rotatable bonds is 2. The number of hydrogen-bond acceptors (Lipinski definition) is 4. The van der Waals surface area contributed by atoms with E-state index in [1.54, 1.807) is 6.92 Å². The van der Waals surface area contributed by atoms with Crippen LogP contribution in [0.4, 0.5) is 0 Å². The molecule has 8 heteroatoms. The lowest BCUT2D eigenvalue weighted by molar-refractivity contribution is 0.0845. The fourth-order valence-corrected chi connectivity index (χ4v) is 4.08. The van der Waals surface area contributed by atoms with Crippen LogP contribution in [0.2, 0.25) is 0 Å². The summed E-state index contributed by atoms with van der Waals surface area (Å²) in [5.74, 6) is -0.105. The van der Waals surface area contributed by atoms with Crippen LogP contribution < -0.4 is 10.9 Å². The summed E-state index contributed by atoms with van der Waals surface area (Å²) >= 11 is 4.79. The Morgan fingerprint density at radius 1 is 1.39 bits per heavy atom. The molecule has 1 unspecified atom stereocenters. The van der Waals surface area contributed by atoms with E-state index >= 15 is 0 Å². The largest absolute Gasteiger partial charge is 0.291 e. The van der Waals surface area contributed by atoms with E-state index in [4.69, 9.17) is 0 Å². The van der Waals surface area contributed by atoms with Gasteiger partial charge in [-0.25, -0.2) is 0 Å². The second-order valence-electron chi connectivity index (χ2n) is 5.83. The molecule has 0 fully saturated rings. The van der Waals surface area contributed by atoms with Crippen LogP contribution in [0.25, 0.3) is 0 Å². The maximum absolute atomic E-state index is 12.2. The lowest BCUT2D eigenvalue weighted by Crippen LogP contribution is -2.41. The Kier molecular flexibility index (Phi) is 4.54. The summed E-state index contributed by atoms with van der Waals surface area (Å²) < 4.78 is 0.588. The van der Waals surface area contributed by atoms with Crippen molar-refractivity contribution in [1.82, 2.24) is 21.0 Å². The zero-order chi connectivity index (χ0) is 16.6. The standard InChI is InChI=1S/C15H17BrN4O2S/c1-7-3-4-10-9(5-7)6-11(23-10)14(21)19-20-15(22)13-12(16)8(2)17-18-13/h6-7H,3-5H2,1-2H3,(H,17,18)(H,19,21)(H,20,22). The lowest BCUT2D eigenvalue weighted by atomic mass is 9.90. The molecule has 2 amide bonds. The Morgan fingerprint density at radius 3 is 2.83 bits per heavy atom. The topological polar surface area (TPSA) is 86.9 Å². The number of nitrogens with one attached hydrogen (secondary N) is 3. The molecule has 0 aliphatic heterocycles. The first-order chi connectivity index (χ1) is 11.0. The maximum Gasteiger partial charge on any atom is 0.291 e. The van der Waals surface area contributed by atoms with Gasteiger partial charge in [-0.2, -0.15) is 5.10 Å². The minimum Gasteiger partial charge on any atom is -0.281 e. The molecule has 2 aromatic heterocycles. The molecule has 0 radical (unpaired) electrons. The van der Waals surface area contributed by atoms with E-state index in [1.807, 2.05) is 6.07 Å². The van der Waals surface area contributed by atoms with Gasteiger partial charge in [0.05, 0.1) is 9.35 Å². The number of hydrogen-bond donors (Lipinski definition) is 3. The summed E-state index contributed by atoms with van der Waals surface area (Å²) in [4.78, 5) is 26.1. The maximum atomic E-state index is 12.2. The number of aryl methyl sites for hydroxylation is 2. The highest BCUT2D eigenvalue weighted by atomic mass is 79.9. The normalized spacial score (nSPS) is 16.7. The van der Waals surface area contributed by atoms with Gasteiger partial charge in [-0.15, -0.1) is 11.3 Å². The van der Waals surface area contributed by atoms with Gasteiger partial charge >= 0.3 is 0 Å². The van der Waals surface area contributed by atoms with Crippen LogP contribution in [0.15, 0.2) is 10.5 Å². The average molecular weight is 397 g/mol. The second-order valence-corrected chi connectivity index (χ2v) is 7.76. The van der Waals surface area contributed by atoms with Gasteiger partial charge in [0.2, 0.25) is 0 Å². The summed E-state index contributed by atoms with van der Waals surface area (Å²) in [5.41, 5.74) is 7.07. The number of carbonyl (C=O) groups is 2. The Labute approximate surface area is 146 Å². The predicted molar refractivity (Wildman–Crippen MR) is 91.5 cm³/mol. The molecule has 2 aromatic rings. The molecule has 6 nitrogen and oxygen atoms in total. The fraction of sp³-hybridized carbons (Fsp3) is 0.400. The highest BCUT2D eigenvalue weighted by Crippen LogP contribution is 2.32. The van der Waals surface area contributed by atoms with Crippen molar-refractivity contribution in [2.45, 2.75) is 33.1 Å². The first-order valence-electron chi connectivity index (χ1n) is 7.38. The first-order valence-corrected chi connectivity index (χ1v) is 8.99. The monoisotopic (exact) mass is 396 g/mol. The van der Waals surface area contributed by atoms with E-state index in [0.29, 0.717) is 15.3 Å². The van der Waals surface area contributed by atoms with Gasteiger partial charge in [0.15, 0.2) is 5.69 Å². The first kappa shape index (κ1) is 16.2. The lowest BCUT2D eigenvalue weighted by Gasteiger charge is -2.16. The van der Waals surface area contributed by atoms with Gasteiger partial charge in [0.1, 0.15) is 0 Å². The zero-order valence-corrected chi connectivity index (χ0v) is 15.2. The van der Waals surface area contributed by atoms with Crippen molar-refractivity contribution >= 4 is 39.1 Å². The van der Waals surface area contributed by atoms with Crippen molar-refractivity contribution in [3.63, 3.8) is 0 Å². The van der Waals surface area contributed by atoms with Crippen LogP contribution >= 0.6 is 27.3 Å². The molecule has 1 aliphatic carbocycles. The SMILES string of the molecule is Cc1[nH]nc(C(=O)NNC(=O)c2cc3c(s2)CCC(C)C3)c1Br. The third-order valence-corrected chi connectivity index (χ3v) is 6.14. The van der Waals surface area contributed by atoms with Crippen LogP contribution in [0.1, 0.15) is 49.6 Å². The minimum absolute atomic E-state index is 0.210. The Morgan fingerprint density at radius 2 is 2.13 bits per heavy atom. The Hall–Kier alpha value is -1.67. The number of aromatic nitrogens is 2. The molecule has 0 saturated heterocycles. The molecule has 23 heavy (non-hydrogen) atoms. The molecule has 122 valence electrons. The summed E-state index contributed by atoms with van der Waals surface area (Å²) in [7, 11) is 0. The van der Waals surface area contributed by atoms with Crippen molar-refractivity contribution in [1.29, 1.82) is 0 Å². The van der Waals surface area contributed by atoms with Crippen molar-refractivity contribution in [2.75, 3.05) is 0 Å². The molecular weight excluding hydrogens is 380 g/mol. The number of carbonyl (C=O) groups excluding carboxylic acids is 2. The van der Waals surface area contributed by atoms with Crippen molar-refractivity contribution in [3.05, 3.63) is 37.2 Å². The van der Waals surface area contributed by atoms with Gasteiger partial charge in [0.25, 0.3) is 11.8 Å². The summed E-state index contributed by atoms with van der Waals surface area (Å²) in [6.45, 7) is 4.02. The molecule has 0 bridgehead atoms. The van der Waals surface area contributed by atoms with E-state index in [1.165, 1.54) is 21.8 Å². The number of aromatic amines is 1. The number of hydrazine groups is 1.